The van der Waals surface area contributed by atoms with Gasteiger partial charge in [-0.25, -0.2) is 0 Å². The van der Waals surface area contributed by atoms with Crippen molar-refractivity contribution in [2.75, 3.05) is 0 Å². The molecule has 3 nitrogen and oxygen atoms in total. The molecule has 0 aromatic heterocycles. The van der Waals surface area contributed by atoms with Crippen LogP contribution in [0.4, 0.5) is 0 Å². The van der Waals surface area contributed by atoms with E-state index in [9.17, 15) is 0 Å². The molecule has 2 aliphatic rings. The van der Waals surface area contributed by atoms with E-state index in [4.69, 9.17) is 14.0 Å². The van der Waals surface area contributed by atoms with Crippen molar-refractivity contribution in [2.24, 2.45) is 0 Å². The quantitative estimate of drug-likeness (QED) is 0.185. The van der Waals surface area contributed by atoms with Gasteiger partial charge >= 0.3 is 107 Å². The van der Waals surface area contributed by atoms with Crippen LogP contribution in [0.15, 0.2) is 30.3 Å². The fraction of sp³-hybridized carbons (Fsp3) is 0.0909. The number of benzene rings is 1. The Labute approximate surface area is 253 Å². The molecule has 2 fully saturated rings. The van der Waals surface area contributed by atoms with Gasteiger partial charge in [0.2, 0.25) is 1.44 Å². The molecule has 0 amide bonds. The summed E-state index contributed by atoms with van der Waals surface area (Å²) >= 11 is 16.3. The molecule has 11 heteroatoms. The van der Waals surface area contributed by atoms with Crippen molar-refractivity contribution in [2.45, 2.75) is 13.1 Å². The van der Waals surface area contributed by atoms with E-state index in [1.54, 1.807) is 0 Å². The molecule has 0 atom stereocenters. The van der Waals surface area contributed by atoms with Crippen LogP contribution in [-0.2, 0) is 46.6 Å². The van der Waals surface area contributed by atoms with Crippen molar-refractivity contribution < 1.29 is 46.6 Å². The van der Waals surface area contributed by atoms with Gasteiger partial charge < -0.3 is 63.0 Å². The zero-order valence-electron chi connectivity index (χ0n) is 17.5. The van der Waals surface area contributed by atoms with E-state index in [0.717, 1.165) is 5.56 Å². The van der Waals surface area contributed by atoms with Gasteiger partial charge in [-0.2, -0.15) is 0 Å². The topological polar surface area (TPSA) is 59.7 Å². The van der Waals surface area contributed by atoms with E-state index in [1.165, 1.54) is 11.1 Å². The van der Waals surface area contributed by atoms with Gasteiger partial charge in [-0.3, -0.25) is 0 Å². The van der Waals surface area contributed by atoms with Crippen molar-refractivity contribution in [3.8, 4) is 0 Å². The molecule has 0 N–H and O–H groups in total. The van der Waals surface area contributed by atoms with Gasteiger partial charge in [-0.1, -0.05) is 13.1 Å². The normalized spacial score (nSPS) is 14.8. The Bertz CT molecular complexity index is 606. The van der Waals surface area contributed by atoms with Crippen LogP contribution in [0.5, 0.6) is 0 Å². The molecular weight excluding hydrogens is 782 g/mol. The Morgan fingerprint density at radius 1 is 0.727 bits per heavy atom. The first-order valence-electron chi connectivity index (χ1n) is 8.48. The molecule has 0 bridgehead atoms. The fourth-order valence-corrected chi connectivity index (χ4v) is 4.81. The first kappa shape index (κ1) is 41.7. The molecule has 2 aliphatic carbocycles. The predicted molar refractivity (Wildman–Crippen MR) is 142 cm³/mol. The summed E-state index contributed by atoms with van der Waals surface area (Å²) in [6.45, 7) is 18.3. The van der Waals surface area contributed by atoms with Crippen molar-refractivity contribution >= 4 is 77.5 Å². The van der Waals surface area contributed by atoms with Crippen LogP contribution in [0.25, 0.3) is 0 Å². The van der Waals surface area contributed by atoms with Gasteiger partial charge in [0.05, 0.1) is 8.07 Å². The van der Waals surface area contributed by atoms with E-state index in [0.29, 0.717) is 0 Å². The Balaban J connectivity index is -0.000000183. The monoisotopic (exact) mass is 798 g/mol. The van der Waals surface area contributed by atoms with Gasteiger partial charge in [-0.15, -0.1) is 0 Å². The van der Waals surface area contributed by atoms with Gasteiger partial charge in [0.1, 0.15) is 0 Å². The molecule has 0 saturated heterocycles. The van der Waals surface area contributed by atoms with Gasteiger partial charge in [0.15, 0.2) is 0 Å². The second-order valence-corrected chi connectivity index (χ2v) is 23.5. The molecule has 11 radical (unpaired) electrons. The van der Waals surface area contributed by atoms with Crippen LogP contribution < -0.4 is 0 Å². The number of halogens is 4. The van der Waals surface area contributed by atoms with E-state index >= 15 is 0 Å². The predicted octanol–water partition coefficient (Wildman–Crippen LogP) is 6.73. The molecule has 0 aliphatic heterocycles. The summed E-state index contributed by atoms with van der Waals surface area (Å²) in [6.07, 6.45) is 17.5. The molecular formula is C22H19BBr4Fe2O3Si+2. The average molecular weight is 802 g/mol. The number of hydrogen-bond donors (Lipinski definition) is 0. The average Bonchev–Trinajstić information content (AvgIpc) is 3.53. The van der Waals surface area contributed by atoms with Crippen molar-refractivity contribution in [1.82, 2.24) is 0 Å². The maximum atomic E-state index is 7.50. The minimum absolute atomic E-state index is 0. The molecule has 0 spiro atoms. The van der Waals surface area contributed by atoms with Crippen LogP contribution in [0.2, 0.25) is 13.1 Å². The van der Waals surface area contributed by atoms with Gasteiger partial charge in [0.25, 0.3) is 0 Å². The third-order valence-corrected chi connectivity index (χ3v) is 7.52. The van der Waals surface area contributed by atoms with Crippen molar-refractivity contribution in [3.05, 3.63) is 118 Å². The molecule has 174 valence electrons. The molecule has 3 rings (SSSR count). The van der Waals surface area contributed by atoms with Crippen LogP contribution >= 0.6 is 63.0 Å². The van der Waals surface area contributed by atoms with E-state index in [2.05, 4.69) is 168 Å². The summed E-state index contributed by atoms with van der Waals surface area (Å²) in [4.78, 5) is 2.78. The Hall–Kier alpha value is 1.55. The van der Waals surface area contributed by atoms with Crippen LogP contribution in [-0.4, -0.2) is 14.4 Å². The molecule has 0 heterocycles. The summed E-state index contributed by atoms with van der Waals surface area (Å²) in [5, 5.41) is 0. The zero-order chi connectivity index (χ0) is 25.6. The third-order valence-electron chi connectivity index (χ3n) is 3.64. The van der Waals surface area contributed by atoms with Crippen LogP contribution in [0.1, 0.15) is 5.56 Å². The van der Waals surface area contributed by atoms with E-state index < -0.39 is 9.52 Å². The summed E-state index contributed by atoms with van der Waals surface area (Å²) in [6, 6.07) is 9.84. The maximum absolute atomic E-state index is 7.50. The molecule has 33 heavy (non-hydrogen) atoms. The Morgan fingerprint density at radius 3 is 1.21 bits per heavy atom. The summed E-state index contributed by atoms with van der Waals surface area (Å²) in [5.41, 5.74) is 4.10. The van der Waals surface area contributed by atoms with Crippen LogP contribution in [0, 0.1) is 82.4 Å². The Kier molecular flexibility index (Phi) is 33.6. The number of hydrogen-bond acceptors (Lipinski definition) is 0. The first-order chi connectivity index (χ1) is 15.1. The fourth-order valence-electron chi connectivity index (χ4n) is 2.25. The van der Waals surface area contributed by atoms with Crippen molar-refractivity contribution in [1.29, 1.82) is 0 Å². The Morgan fingerprint density at radius 2 is 1.00 bits per heavy atom. The minimum atomic E-state index is -1.35. The molecule has 1 aromatic rings. The SMILES string of the molecule is Br[B-](Br)(Br)Br.C[Si](C)([C]1[CH][CH][CH][CH]1)[C]1[CH][CH][CH][CH]1.[C-]#[O+].[C-]#[O+].[C-]#[O+].[Fe+3].[Fe+]=[C-]c1ccccc1. The molecule has 1 aromatic carbocycles. The van der Waals surface area contributed by atoms with Crippen molar-refractivity contribution in [3.63, 3.8) is 0 Å². The summed E-state index contributed by atoms with van der Waals surface area (Å²) < 4.78 is 21.8. The third kappa shape index (κ3) is 23.7. The molecule has 2 saturated carbocycles. The van der Waals surface area contributed by atoms with E-state index in [1.807, 2.05) is 30.3 Å². The number of rotatable bonds is 3. The second kappa shape index (κ2) is 26.6. The summed E-state index contributed by atoms with van der Waals surface area (Å²) in [7, 11) is -1.35. The summed E-state index contributed by atoms with van der Waals surface area (Å²) in [5.74, 6) is 0. The molecule has 0 unspecified atom stereocenters. The van der Waals surface area contributed by atoms with Gasteiger partial charge in [0, 0.05) is 0 Å². The van der Waals surface area contributed by atoms with Gasteiger partial charge in [-0.05, 0) is 62.4 Å². The first-order valence-corrected chi connectivity index (χ1v) is 15.7. The van der Waals surface area contributed by atoms with Crippen LogP contribution in [0.3, 0.4) is 0 Å². The second-order valence-electron chi connectivity index (χ2n) is 5.92. The standard InChI is InChI=1S/C12H14Si.C7H5.3CO.BBr4.2Fe/c1-13(2,11-7-3-4-8-11)12-9-5-6-10-12;1-7-5-3-2-4-6-7;3*1-2;2-1(3,4)5;;/h3-10H,1-2H3;2-6H;;;;;;/q;-1;;;;-1;+1;+3. The zero-order valence-corrected chi connectivity index (χ0v) is 27.1. The van der Waals surface area contributed by atoms with E-state index in [-0.39, 0.29) is 17.1 Å².